The summed E-state index contributed by atoms with van der Waals surface area (Å²) in [7, 11) is 0. The SMILES string of the molecule is C1CC(c2noc(C3CNC3)n2)CCS1. The Morgan fingerprint density at radius 3 is 2.67 bits per heavy atom. The number of nitrogens with one attached hydrogen (secondary N) is 1. The first kappa shape index (κ1) is 9.66. The van der Waals surface area contributed by atoms with E-state index in [4.69, 9.17) is 4.52 Å². The van der Waals surface area contributed by atoms with Gasteiger partial charge in [0.15, 0.2) is 5.82 Å². The Bertz CT molecular complexity index is 331. The van der Waals surface area contributed by atoms with Gasteiger partial charge in [0.2, 0.25) is 5.89 Å². The standard InChI is InChI=1S/C10H15N3OS/c1-3-15-4-2-7(1)9-12-10(14-13-9)8-5-11-6-8/h7-8,11H,1-6H2. The summed E-state index contributed by atoms with van der Waals surface area (Å²) < 4.78 is 5.31. The van der Waals surface area contributed by atoms with Crippen molar-refractivity contribution in [1.82, 2.24) is 15.5 Å². The lowest BCUT2D eigenvalue weighted by molar-refractivity contribution is 0.305. The van der Waals surface area contributed by atoms with Crippen LogP contribution in [0.3, 0.4) is 0 Å². The summed E-state index contributed by atoms with van der Waals surface area (Å²) in [6.07, 6.45) is 2.40. The Morgan fingerprint density at radius 2 is 2.00 bits per heavy atom. The number of aromatic nitrogens is 2. The summed E-state index contributed by atoms with van der Waals surface area (Å²) in [4.78, 5) is 4.53. The van der Waals surface area contributed by atoms with E-state index >= 15 is 0 Å². The van der Waals surface area contributed by atoms with Gasteiger partial charge in [-0.2, -0.15) is 16.7 Å². The largest absolute Gasteiger partial charge is 0.339 e. The van der Waals surface area contributed by atoms with E-state index in [9.17, 15) is 0 Å². The molecule has 0 bridgehead atoms. The van der Waals surface area contributed by atoms with Crippen molar-refractivity contribution in [3.63, 3.8) is 0 Å². The molecule has 0 spiro atoms. The Labute approximate surface area is 93.2 Å². The van der Waals surface area contributed by atoms with E-state index in [-0.39, 0.29) is 0 Å². The van der Waals surface area contributed by atoms with Gasteiger partial charge in [0.05, 0.1) is 5.92 Å². The molecule has 1 N–H and O–H groups in total. The van der Waals surface area contributed by atoms with Crippen molar-refractivity contribution in [2.75, 3.05) is 24.6 Å². The average molecular weight is 225 g/mol. The highest BCUT2D eigenvalue weighted by molar-refractivity contribution is 7.99. The van der Waals surface area contributed by atoms with Crippen LogP contribution in [0.2, 0.25) is 0 Å². The number of rotatable bonds is 2. The van der Waals surface area contributed by atoms with Gasteiger partial charge in [-0.25, -0.2) is 0 Å². The Hall–Kier alpha value is -0.550. The molecule has 0 unspecified atom stereocenters. The molecule has 0 radical (unpaired) electrons. The molecule has 0 saturated carbocycles. The van der Waals surface area contributed by atoms with Crippen molar-refractivity contribution in [3.05, 3.63) is 11.7 Å². The van der Waals surface area contributed by atoms with E-state index in [0.717, 1.165) is 24.8 Å². The van der Waals surface area contributed by atoms with E-state index in [2.05, 4.69) is 15.5 Å². The third kappa shape index (κ3) is 1.90. The first-order valence-electron chi connectivity index (χ1n) is 5.55. The summed E-state index contributed by atoms with van der Waals surface area (Å²) in [5.74, 6) is 5.25. The van der Waals surface area contributed by atoms with E-state index in [1.165, 1.54) is 24.3 Å². The Kier molecular flexibility index (Phi) is 2.66. The monoisotopic (exact) mass is 225 g/mol. The predicted octanol–water partition coefficient (Wildman–Crippen LogP) is 1.37. The molecule has 82 valence electrons. The average Bonchev–Trinajstić information content (AvgIpc) is 2.66. The van der Waals surface area contributed by atoms with E-state index in [1.807, 2.05) is 11.8 Å². The molecule has 1 aromatic heterocycles. The van der Waals surface area contributed by atoms with E-state index in [0.29, 0.717) is 11.8 Å². The molecule has 2 aliphatic heterocycles. The van der Waals surface area contributed by atoms with E-state index < -0.39 is 0 Å². The van der Waals surface area contributed by atoms with Crippen LogP contribution in [0.4, 0.5) is 0 Å². The number of nitrogens with zero attached hydrogens (tertiary/aromatic N) is 2. The summed E-state index contributed by atoms with van der Waals surface area (Å²) in [5.41, 5.74) is 0. The molecular formula is C10H15N3OS. The molecule has 5 heteroatoms. The van der Waals surface area contributed by atoms with Gasteiger partial charge >= 0.3 is 0 Å². The van der Waals surface area contributed by atoms with Crippen LogP contribution >= 0.6 is 11.8 Å². The molecule has 15 heavy (non-hydrogen) atoms. The fraction of sp³-hybridized carbons (Fsp3) is 0.800. The van der Waals surface area contributed by atoms with Gasteiger partial charge in [0.25, 0.3) is 0 Å². The zero-order valence-electron chi connectivity index (χ0n) is 8.61. The van der Waals surface area contributed by atoms with E-state index in [1.54, 1.807) is 0 Å². The third-order valence-electron chi connectivity index (χ3n) is 3.17. The van der Waals surface area contributed by atoms with Crippen LogP contribution in [0.5, 0.6) is 0 Å². The molecule has 0 aromatic carbocycles. The highest BCUT2D eigenvalue weighted by Gasteiger charge is 2.27. The molecular weight excluding hydrogens is 210 g/mol. The molecule has 1 aromatic rings. The van der Waals surface area contributed by atoms with Crippen LogP contribution < -0.4 is 5.32 Å². The first-order valence-corrected chi connectivity index (χ1v) is 6.71. The second-order valence-corrected chi connectivity index (χ2v) is 5.46. The second-order valence-electron chi connectivity index (χ2n) is 4.23. The van der Waals surface area contributed by atoms with Gasteiger partial charge in [0, 0.05) is 19.0 Å². The highest BCUT2D eigenvalue weighted by Crippen LogP contribution is 2.30. The lowest BCUT2D eigenvalue weighted by Gasteiger charge is -2.23. The molecule has 4 nitrogen and oxygen atoms in total. The minimum absolute atomic E-state index is 0.462. The molecule has 2 saturated heterocycles. The van der Waals surface area contributed by atoms with Crippen LogP contribution in [0.1, 0.15) is 36.4 Å². The van der Waals surface area contributed by atoms with Crippen LogP contribution in [0.25, 0.3) is 0 Å². The van der Waals surface area contributed by atoms with Crippen molar-refractivity contribution >= 4 is 11.8 Å². The molecule has 2 aliphatic rings. The molecule has 3 rings (SSSR count). The molecule has 3 heterocycles. The van der Waals surface area contributed by atoms with Gasteiger partial charge < -0.3 is 9.84 Å². The quantitative estimate of drug-likeness (QED) is 0.823. The van der Waals surface area contributed by atoms with Gasteiger partial charge in [0.1, 0.15) is 0 Å². The van der Waals surface area contributed by atoms with Gasteiger partial charge in [-0.3, -0.25) is 0 Å². The van der Waals surface area contributed by atoms with Crippen LogP contribution in [0.15, 0.2) is 4.52 Å². The Morgan fingerprint density at radius 1 is 1.20 bits per heavy atom. The maximum absolute atomic E-state index is 5.31. The van der Waals surface area contributed by atoms with Crippen LogP contribution in [-0.4, -0.2) is 34.7 Å². The summed E-state index contributed by atoms with van der Waals surface area (Å²) in [6.45, 7) is 1.98. The summed E-state index contributed by atoms with van der Waals surface area (Å²) >= 11 is 2.03. The van der Waals surface area contributed by atoms with Crippen molar-refractivity contribution in [2.45, 2.75) is 24.7 Å². The zero-order valence-corrected chi connectivity index (χ0v) is 9.42. The van der Waals surface area contributed by atoms with Gasteiger partial charge in [-0.15, -0.1) is 0 Å². The van der Waals surface area contributed by atoms with Crippen molar-refractivity contribution in [2.24, 2.45) is 0 Å². The minimum Gasteiger partial charge on any atom is -0.339 e. The van der Waals surface area contributed by atoms with Crippen LogP contribution in [-0.2, 0) is 0 Å². The third-order valence-corrected chi connectivity index (χ3v) is 4.22. The summed E-state index contributed by atoms with van der Waals surface area (Å²) in [5, 5.41) is 7.34. The lowest BCUT2D eigenvalue weighted by atomic mass is 10.0. The normalized spacial score (nSPS) is 24.0. The highest BCUT2D eigenvalue weighted by atomic mass is 32.2. The molecule has 0 amide bonds. The smallest absolute Gasteiger partial charge is 0.232 e. The van der Waals surface area contributed by atoms with Crippen molar-refractivity contribution < 1.29 is 4.52 Å². The topological polar surface area (TPSA) is 51.0 Å². The fourth-order valence-corrected chi connectivity index (χ4v) is 3.10. The van der Waals surface area contributed by atoms with Crippen molar-refractivity contribution in [3.8, 4) is 0 Å². The minimum atomic E-state index is 0.462. The molecule has 0 aliphatic carbocycles. The second kappa shape index (κ2) is 4.14. The lowest BCUT2D eigenvalue weighted by Crippen LogP contribution is -2.40. The molecule has 0 atom stereocenters. The van der Waals surface area contributed by atoms with Gasteiger partial charge in [-0.1, -0.05) is 5.16 Å². The Balaban J connectivity index is 1.71. The predicted molar refractivity (Wildman–Crippen MR) is 59.2 cm³/mol. The summed E-state index contributed by atoms with van der Waals surface area (Å²) in [6, 6.07) is 0. The number of hydrogen-bond acceptors (Lipinski definition) is 5. The fourth-order valence-electron chi connectivity index (χ4n) is 2.00. The van der Waals surface area contributed by atoms with Crippen molar-refractivity contribution in [1.29, 1.82) is 0 Å². The number of thioether (sulfide) groups is 1. The zero-order chi connectivity index (χ0) is 10.1. The van der Waals surface area contributed by atoms with Crippen LogP contribution in [0, 0.1) is 0 Å². The van der Waals surface area contributed by atoms with Gasteiger partial charge in [-0.05, 0) is 24.3 Å². The first-order chi connectivity index (χ1) is 7.43. The maximum Gasteiger partial charge on any atom is 0.232 e. The molecule has 2 fully saturated rings. The number of hydrogen-bond donors (Lipinski definition) is 1. The maximum atomic E-state index is 5.31.